The highest BCUT2D eigenvalue weighted by Gasteiger charge is 2.14. The van der Waals surface area contributed by atoms with Crippen molar-refractivity contribution in [3.8, 4) is 0 Å². The molecule has 20 heavy (non-hydrogen) atoms. The first-order valence-electron chi connectivity index (χ1n) is 6.28. The predicted octanol–water partition coefficient (Wildman–Crippen LogP) is 5.22. The summed E-state index contributed by atoms with van der Waals surface area (Å²) in [4.78, 5) is 10.7. The molecular formula is C15H15BrN2O2. The Kier molecular flexibility index (Phi) is 4.39. The first-order chi connectivity index (χ1) is 9.47. The molecule has 0 saturated carbocycles. The Morgan fingerprint density at radius 1 is 1.20 bits per heavy atom. The zero-order valence-electron chi connectivity index (χ0n) is 11.3. The monoisotopic (exact) mass is 334 g/mol. The van der Waals surface area contributed by atoms with Gasteiger partial charge in [0.25, 0.3) is 5.69 Å². The van der Waals surface area contributed by atoms with E-state index in [-0.39, 0.29) is 10.6 Å². The van der Waals surface area contributed by atoms with Gasteiger partial charge in [-0.15, -0.1) is 0 Å². The van der Waals surface area contributed by atoms with Crippen LogP contribution in [0, 0.1) is 10.1 Å². The van der Waals surface area contributed by atoms with E-state index in [1.807, 2.05) is 24.3 Å². The van der Waals surface area contributed by atoms with Crippen LogP contribution in [0.2, 0.25) is 0 Å². The van der Waals surface area contributed by atoms with Gasteiger partial charge in [0.15, 0.2) is 0 Å². The SMILES string of the molecule is CC(C)c1cccc(Nc2ccc(Br)cc2[N+](=O)[O-])c1. The summed E-state index contributed by atoms with van der Waals surface area (Å²) in [5, 5.41) is 14.2. The van der Waals surface area contributed by atoms with E-state index in [2.05, 4.69) is 35.1 Å². The summed E-state index contributed by atoms with van der Waals surface area (Å²) in [6, 6.07) is 12.9. The number of hydrogen-bond donors (Lipinski definition) is 1. The number of halogens is 1. The Bertz CT molecular complexity index is 642. The fraction of sp³-hybridized carbons (Fsp3) is 0.200. The quantitative estimate of drug-likeness (QED) is 0.615. The number of benzene rings is 2. The van der Waals surface area contributed by atoms with E-state index in [1.54, 1.807) is 12.1 Å². The van der Waals surface area contributed by atoms with E-state index >= 15 is 0 Å². The van der Waals surface area contributed by atoms with Crippen LogP contribution in [0.3, 0.4) is 0 Å². The smallest absolute Gasteiger partial charge is 0.293 e. The van der Waals surface area contributed by atoms with Gasteiger partial charge in [0.05, 0.1) is 4.92 Å². The van der Waals surface area contributed by atoms with E-state index < -0.39 is 0 Å². The molecule has 0 saturated heterocycles. The molecule has 2 rings (SSSR count). The van der Waals surface area contributed by atoms with Crippen LogP contribution in [0.5, 0.6) is 0 Å². The summed E-state index contributed by atoms with van der Waals surface area (Å²) in [6.45, 7) is 4.22. The second-order valence-corrected chi connectivity index (χ2v) is 5.74. The normalized spacial score (nSPS) is 10.6. The molecule has 0 aliphatic carbocycles. The summed E-state index contributed by atoms with van der Waals surface area (Å²) in [5.74, 6) is 0.414. The molecule has 0 aliphatic rings. The van der Waals surface area contributed by atoms with Crippen molar-refractivity contribution in [2.45, 2.75) is 19.8 Å². The molecule has 0 fully saturated rings. The zero-order chi connectivity index (χ0) is 14.7. The van der Waals surface area contributed by atoms with Crippen molar-refractivity contribution in [2.75, 3.05) is 5.32 Å². The molecule has 0 aromatic heterocycles. The molecule has 0 heterocycles. The fourth-order valence-corrected chi connectivity index (χ4v) is 2.24. The number of rotatable bonds is 4. The third kappa shape index (κ3) is 3.36. The molecule has 2 aromatic carbocycles. The van der Waals surface area contributed by atoms with Gasteiger partial charge >= 0.3 is 0 Å². The number of nitro benzene ring substituents is 1. The van der Waals surface area contributed by atoms with Crippen LogP contribution in [0.1, 0.15) is 25.3 Å². The van der Waals surface area contributed by atoms with Crippen LogP contribution in [0.25, 0.3) is 0 Å². The number of hydrogen-bond acceptors (Lipinski definition) is 3. The topological polar surface area (TPSA) is 55.2 Å². The van der Waals surface area contributed by atoms with Gasteiger partial charge < -0.3 is 5.32 Å². The number of anilines is 2. The molecule has 1 N–H and O–H groups in total. The van der Waals surface area contributed by atoms with E-state index in [0.717, 1.165) is 5.69 Å². The lowest BCUT2D eigenvalue weighted by Crippen LogP contribution is -1.98. The number of nitrogens with one attached hydrogen (secondary N) is 1. The van der Waals surface area contributed by atoms with Crippen molar-refractivity contribution in [1.82, 2.24) is 0 Å². The maximum absolute atomic E-state index is 11.1. The molecule has 0 radical (unpaired) electrons. The van der Waals surface area contributed by atoms with E-state index in [1.165, 1.54) is 11.6 Å². The molecular weight excluding hydrogens is 320 g/mol. The summed E-state index contributed by atoms with van der Waals surface area (Å²) >= 11 is 3.25. The van der Waals surface area contributed by atoms with E-state index in [0.29, 0.717) is 16.1 Å². The molecule has 5 heteroatoms. The lowest BCUT2D eigenvalue weighted by Gasteiger charge is -2.11. The van der Waals surface area contributed by atoms with Crippen molar-refractivity contribution in [3.05, 3.63) is 62.6 Å². The summed E-state index contributed by atoms with van der Waals surface area (Å²) in [5.41, 5.74) is 2.57. The highest BCUT2D eigenvalue weighted by atomic mass is 79.9. The van der Waals surface area contributed by atoms with E-state index in [9.17, 15) is 10.1 Å². The molecule has 0 aliphatic heterocycles. The highest BCUT2D eigenvalue weighted by Crippen LogP contribution is 2.31. The van der Waals surface area contributed by atoms with Crippen molar-refractivity contribution in [3.63, 3.8) is 0 Å². The van der Waals surface area contributed by atoms with Gasteiger partial charge in [-0.25, -0.2) is 0 Å². The largest absolute Gasteiger partial charge is 0.350 e. The van der Waals surface area contributed by atoms with Crippen molar-refractivity contribution in [1.29, 1.82) is 0 Å². The number of nitro groups is 1. The second-order valence-electron chi connectivity index (χ2n) is 4.82. The van der Waals surface area contributed by atoms with Gasteiger partial charge in [0, 0.05) is 16.2 Å². The van der Waals surface area contributed by atoms with Gasteiger partial charge in [-0.05, 0) is 35.7 Å². The van der Waals surface area contributed by atoms with Gasteiger partial charge in [-0.3, -0.25) is 10.1 Å². The van der Waals surface area contributed by atoms with Crippen LogP contribution >= 0.6 is 15.9 Å². The van der Waals surface area contributed by atoms with Gasteiger partial charge in [0.1, 0.15) is 5.69 Å². The average Bonchev–Trinajstić information content (AvgIpc) is 2.41. The summed E-state index contributed by atoms with van der Waals surface area (Å²) in [7, 11) is 0. The van der Waals surface area contributed by atoms with Gasteiger partial charge in [-0.1, -0.05) is 41.9 Å². The lowest BCUT2D eigenvalue weighted by molar-refractivity contribution is -0.384. The summed E-state index contributed by atoms with van der Waals surface area (Å²) < 4.78 is 0.686. The molecule has 0 atom stereocenters. The molecule has 0 amide bonds. The molecule has 0 spiro atoms. The van der Waals surface area contributed by atoms with Gasteiger partial charge in [0.2, 0.25) is 0 Å². The van der Waals surface area contributed by atoms with Crippen molar-refractivity contribution < 1.29 is 4.92 Å². The molecule has 0 bridgehead atoms. The maximum Gasteiger partial charge on any atom is 0.293 e. The van der Waals surface area contributed by atoms with E-state index in [4.69, 9.17) is 0 Å². The average molecular weight is 335 g/mol. The minimum Gasteiger partial charge on any atom is -0.350 e. The minimum absolute atomic E-state index is 0.0503. The van der Waals surface area contributed by atoms with Crippen LogP contribution in [-0.4, -0.2) is 4.92 Å². The number of nitrogens with zero attached hydrogens (tertiary/aromatic N) is 1. The first kappa shape index (κ1) is 14.5. The van der Waals surface area contributed by atoms with Crippen LogP contribution in [0.15, 0.2) is 46.9 Å². The first-order valence-corrected chi connectivity index (χ1v) is 7.07. The van der Waals surface area contributed by atoms with Crippen molar-refractivity contribution in [2.24, 2.45) is 0 Å². The Balaban J connectivity index is 2.35. The standard InChI is InChI=1S/C15H15BrN2O2/c1-10(2)11-4-3-5-13(8-11)17-14-7-6-12(16)9-15(14)18(19)20/h3-10,17H,1-2H3. The Labute approximate surface area is 126 Å². The molecule has 4 nitrogen and oxygen atoms in total. The van der Waals surface area contributed by atoms with Crippen LogP contribution in [-0.2, 0) is 0 Å². The maximum atomic E-state index is 11.1. The molecule has 2 aromatic rings. The van der Waals surface area contributed by atoms with Gasteiger partial charge in [-0.2, -0.15) is 0 Å². The predicted molar refractivity (Wildman–Crippen MR) is 84.6 cm³/mol. The molecule has 0 unspecified atom stereocenters. The minimum atomic E-state index is -0.389. The molecule has 104 valence electrons. The fourth-order valence-electron chi connectivity index (χ4n) is 1.89. The third-order valence-electron chi connectivity index (χ3n) is 2.99. The van der Waals surface area contributed by atoms with Crippen molar-refractivity contribution >= 4 is 33.0 Å². The Morgan fingerprint density at radius 2 is 1.95 bits per heavy atom. The zero-order valence-corrected chi connectivity index (χ0v) is 12.8. The Morgan fingerprint density at radius 3 is 2.60 bits per heavy atom. The lowest BCUT2D eigenvalue weighted by atomic mass is 10.0. The Hall–Kier alpha value is -1.88. The van der Waals surface area contributed by atoms with Crippen LogP contribution in [0.4, 0.5) is 17.1 Å². The third-order valence-corrected chi connectivity index (χ3v) is 3.48. The highest BCUT2D eigenvalue weighted by molar-refractivity contribution is 9.10. The van der Waals surface area contributed by atoms with Crippen LogP contribution < -0.4 is 5.32 Å². The summed E-state index contributed by atoms with van der Waals surface area (Å²) in [6.07, 6.45) is 0. The second kappa shape index (κ2) is 6.05.